The molecule has 1 saturated heterocycles. The topological polar surface area (TPSA) is 83.2 Å². The zero-order valence-corrected chi connectivity index (χ0v) is 19.6. The minimum Gasteiger partial charge on any atom is -0.497 e. The predicted octanol–water partition coefficient (Wildman–Crippen LogP) is 3.51. The summed E-state index contributed by atoms with van der Waals surface area (Å²) in [5.74, 6) is 1.70. The number of non-ortho nitro benzene ring substituents is 1. The van der Waals surface area contributed by atoms with Gasteiger partial charge >= 0.3 is 0 Å². The summed E-state index contributed by atoms with van der Waals surface area (Å²) in [5.41, 5.74) is 2.10. The highest BCUT2D eigenvalue weighted by atomic mass is 127. The van der Waals surface area contributed by atoms with Crippen molar-refractivity contribution in [3.8, 4) is 5.75 Å². The standard InChI is InChI=1S/C21H27N5O3.HI/c1-3-22-21(23-16-17-5-4-6-19(15-17)26(27)28)25-13-11-24(12-14-25)18-7-9-20(29-2)10-8-18;/h4-10,15H,3,11-14,16H2,1-2H3,(H,22,23);1H. The molecular weight excluding hydrogens is 497 g/mol. The first-order valence-corrected chi connectivity index (χ1v) is 9.76. The lowest BCUT2D eigenvalue weighted by Gasteiger charge is -2.37. The van der Waals surface area contributed by atoms with E-state index >= 15 is 0 Å². The number of benzene rings is 2. The van der Waals surface area contributed by atoms with Gasteiger partial charge in [0, 0.05) is 50.5 Å². The molecule has 1 N–H and O–H groups in total. The lowest BCUT2D eigenvalue weighted by atomic mass is 10.2. The quantitative estimate of drug-likeness (QED) is 0.205. The van der Waals surface area contributed by atoms with Crippen LogP contribution in [0.2, 0.25) is 0 Å². The van der Waals surface area contributed by atoms with Gasteiger partial charge in [0.25, 0.3) is 5.69 Å². The van der Waals surface area contributed by atoms with Crippen LogP contribution in [-0.2, 0) is 6.54 Å². The summed E-state index contributed by atoms with van der Waals surface area (Å²) in [7, 11) is 1.67. The lowest BCUT2D eigenvalue weighted by Crippen LogP contribution is -2.52. The van der Waals surface area contributed by atoms with Crippen molar-refractivity contribution in [2.45, 2.75) is 13.5 Å². The summed E-state index contributed by atoms with van der Waals surface area (Å²) < 4.78 is 5.23. The van der Waals surface area contributed by atoms with Gasteiger partial charge in [-0.3, -0.25) is 10.1 Å². The number of piperazine rings is 1. The largest absolute Gasteiger partial charge is 0.497 e. The minimum absolute atomic E-state index is 0. The molecule has 0 radical (unpaired) electrons. The highest BCUT2D eigenvalue weighted by molar-refractivity contribution is 14.0. The van der Waals surface area contributed by atoms with Gasteiger partial charge in [0.05, 0.1) is 18.6 Å². The fourth-order valence-electron chi connectivity index (χ4n) is 3.33. The number of nitrogens with one attached hydrogen (secondary N) is 1. The van der Waals surface area contributed by atoms with Gasteiger partial charge < -0.3 is 19.9 Å². The Morgan fingerprint density at radius 2 is 1.87 bits per heavy atom. The molecule has 3 rings (SSSR count). The van der Waals surface area contributed by atoms with Gasteiger partial charge in [0.2, 0.25) is 0 Å². The number of ether oxygens (including phenoxy) is 1. The summed E-state index contributed by atoms with van der Waals surface area (Å²) >= 11 is 0. The Balaban J connectivity index is 0.00000320. The van der Waals surface area contributed by atoms with E-state index in [9.17, 15) is 10.1 Å². The van der Waals surface area contributed by atoms with Crippen molar-refractivity contribution in [2.24, 2.45) is 4.99 Å². The van der Waals surface area contributed by atoms with Crippen molar-refractivity contribution in [3.05, 3.63) is 64.2 Å². The first-order valence-electron chi connectivity index (χ1n) is 9.76. The van der Waals surface area contributed by atoms with Crippen LogP contribution in [0, 0.1) is 10.1 Å². The second-order valence-electron chi connectivity index (χ2n) is 6.77. The molecule has 8 nitrogen and oxygen atoms in total. The van der Waals surface area contributed by atoms with Gasteiger partial charge in [-0.1, -0.05) is 12.1 Å². The number of hydrogen-bond donors (Lipinski definition) is 1. The third kappa shape index (κ3) is 6.22. The number of methoxy groups -OCH3 is 1. The Morgan fingerprint density at radius 1 is 1.17 bits per heavy atom. The Labute approximate surface area is 194 Å². The van der Waals surface area contributed by atoms with Crippen LogP contribution in [0.15, 0.2) is 53.5 Å². The van der Waals surface area contributed by atoms with E-state index in [-0.39, 0.29) is 34.6 Å². The van der Waals surface area contributed by atoms with E-state index in [2.05, 4.69) is 27.2 Å². The van der Waals surface area contributed by atoms with Crippen molar-refractivity contribution in [1.29, 1.82) is 0 Å². The minimum atomic E-state index is -0.378. The fourth-order valence-corrected chi connectivity index (χ4v) is 3.33. The molecule has 0 saturated carbocycles. The van der Waals surface area contributed by atoms with E-state index in [1.165, 1.54) is 11.8 Å². The van der Waals surface area contributed by atoms with E-state index in [1.807, 2.05) is 25.1 Å². The summed E-state index contributed by atoms with van der Waals surface area (Å²) in [6.45, 7) is 6.71. The second-order valence-corrected chi connectivity index (χ2v) is 6.77. The highest BCUT2D eigenvalue weighted by Gasteiger charge is 2.20. The molecule has 9 heteroatoms. The van der Waals surface area contributed by atoms with E-state index in [0.29, 0.717) is 6.54 Å². The number of hydrogen-bond acceptors (Lipinski definition) is 5. The molecule has 30 heavy (non-hydrogen) atoms. The summed E-state index contributed by atoms with van der Waals surface area (Å²) in [4.78, 5) is 19.9. The van der Waals surface area contributed by atoms with E-state index in [4.69, 9.17) is 9.73 Å². The zero-order valence-electron chi connectivity index (χ0n) is 17.3. The number of halogens is 1. The van der Waals surface area contributed by atoms with E-state index in [0.717, 1.165) is 50.0 Å². The number of aliphatic imine (C=N–C) groups is 1. The van der Waals surface area contributed by atoms with Gasteiger partial charge in [0.15, 0.2) is 5.96 Å². The molecule has 0 unspecified atom stereocenters. The SMILES string of the molecule is CCNC(=NCc1cccc([N+](=O)[O-])c1)N1CCN(c2ccc(OC)cc2)CC1.I. The number of nitrogens with zero attached hydrogens (tertiary/aromatic N) is 4. The van der Waals surface area contributed by atoms with Gasteiger partial charge in [-0.2, -0.15) is 0 Å². The first kappa shape index (κ1) is 23.7. The molecule has 1 fully saturated rings. The van der Waals surface area contributed by atoms with Crippen LogP contribution in [0.5, 0.6) is 5.75 Å². The fraction of sp³-hybridized carbons (Fsp3) is 0.381. The highest BCUT2D eigenvalue weighted by Crippen LogP contribution is 2.20. The van der Waals surface area contributed by atoms with E-state index in [1.54, 1.807) is 19.2 Å². The average molecular weight is 525 g/mol. The van der Waals surface area contributed by atoms with Crippen LogP contribution in [0.4, 0.5) is 11.4 Å². The molecular formula is C21H28IN5O3. The molecule has 0 bridgehead atoms. The molecule has 1 heterocycles. The molecule has 2 aromatic carbocycles. The number of guanidine groups is 1. The maximum Gasteiger partial charge on any atom is 0.269 e. The van der Waals surface area contributed by atoms with Crippen molar-refractivity contribution in [3.63, 3.8) is 0 Å². The zero-order chi connectivity index (χ0) is 20.6. The number of nitro benzene ring substituents is 1. The van der Waals surface area contributed by atoms with E-state index < -0.39 is 0 Å². The van der Waals surface area contributed by atoms with Crippen LogP contribution in [0.3, 0.4) is 0 Å². The third-order valence-corrected chi connectivity index (χ3v) is 4.88. The molecule has 1 aliphatic heterocycles. The molecule has 0 aromatic heterocycles. The molecule has 0 amide bonds. The Hall–Kier alpha value is -2.56. The monoisotopic (exact) mass is 525 g/mol. The molecule has 0 atom stereocenters. The van der Waals surface area contributed by atoms with Crippen molar-refractivity contribution in [1.82, 2.24) is 10.2 Å². The molecule has 1 aliphatic rings. The summed E-state index contributed by atoms with van der Waals surface area (Å²) in [6.07, 6.45) is 0. The molecule has 0 spiro atoms. The average Bonchev–Trinajstić information content (AvgIpc) is 2.77. The Morgan fingerprint density at radius 3 is 2.47 bits per heavy atom. The van der Waals surface area contributed by atoms with Gasteiger partial charge in [0.1, 0.15) is 5.75 Å². The number of nitro groups is 1. The van der Waals surface area contributed by atoms with Crippen molar-refractivity contribution in [2.75, 3.05) is 44.7 Å². The van der Waals surface area contributed by atoms with Crippen molar-refractivity contribution >= 4 is 41.3 Å². The number of anilines is 1. The van der Waals surface area contributed by atoms with Crippen LogP contribution < -0.4 is 15.0 Å². The van der Waals surface area contributed by atoms with Gasteiger partial charge in [-0.15, -0.1) is 24.0 Å². The molecule has 0 aliphatic carbocycles. The normalized spacial score (nSPS) is 14.1. The predicted molar refractivity (Wildman–Crippen MR) is 130 cm³/mol. The second kappa shape index (κ2) is 11.6. The smallest absolute Gasteiger partial charge is 0.269 e. The number of rotatable bonds is 6. The van der Waals surface area contributed by atoms with Gasteiger partial charge in [-0.05, 0) is 36.8 Å². The maximum atomic E-state index is 11.0. The molecule has 2 aromatic rings. The van der Waals surface area contributed by atoms with Crippen LogP contribution in [-0.4, -0.2) is 55.6 Å². The Bertz CT molecular complexity index is 852. The van der Waals surface area contributed by atoms with Crippen molar-refractivity contribution < 1.29 is 9.66 Å². The third-order valence-electron chi connectivity index (χ3n) is 4.88. The van der Waals surface area contributed by atoms with Gasteiger partial charge in [-0.25, -0.2) is 4.99 Å². The summed E-state index contributed by atoms with van der Waals surface area (Å²) in [5, 5.41) is 14.3. The maximum absolute atomic E-state index is 11.0. The summed E-state index contributed by atoms with van der Waals surface area (Å²) in [6, 6.07) is 14.8. The van der Waals surface area contributed by atoms with Crippen LogP contribution in [0.25, 0.3) is 0 Å². The van der Waals surface area contributed by atoms with Crippen LogP contribution in [0.1, 0.15) is 12.5 Å². The van der Waals surface area contributed by atoms with Crippen LogP contribution >= 0.6 is 24.0 Å². The Kier molecular flexibility index (Phi) is 9.15. The lowest BCUT2D eigenvalue weighted by molar-refractivity contribution is -0.384. The molecule has 162 valence electrons. The first-order chi connectivity index (χ1) is 14.1.